The second-order valence-corrected chi connectivity index (χ2v) is 6.07. The van der Waals surface area contributed by atoms with Gasteiger partial charge in [-0.1, -0.05) is 17.7 Å². The molecule has 0 fully saturated rings. The molecule has 0 aliphatic rings. The number of aromatic nitrogens is 2. The van der Waals surface area contributed by atoms with Crippen LogP contribution in [-0.4, -0.2) is 28.0 Å². The molecule has 4 nitrogen and oxygen atoms in total. The molecular formula is C17H26N4. The molecule has 0 spiro atoms. The van der Waals surface area contributed by atoms with Gasteiger partial charge in [-0.2, -0.15) is 0 Å². The van der Waals surface area contributed by atoms with E-state index in [1.165, 1.54) is 22.3 Å². The van der Waals surface area contributed by atoms with E-state index in [2.05, 4.69) is 49.8 Å². The fourth-order valence-electron chi connectivity index (χ4n) is 3.06. The topological polar surface area (TPSA) is 47.1 Å². The van der Waals surface area contributed by atoms with Crippen molar-refractivity contribution in [2.45, 2.75) is 33.4 Å². The van der Waals surface area contributed by atoms with E-state index in [0.29, 0.717) is 0 Å². The highest BCUT2D eigenvalue weighted by molar-refractivity contribution is 5.39. The molecular weight excluding hydrogens is 260 g/mol. The number of hydrogen-bond acceptors (Lipinski definition) is 3. The first-order chi connectivity index (χ1) is 9.88. The van der Waals surface area contributed by atoms with Crippen LogP contribution in [0.1, 0.15) is 34.1 Å². The van der Waals surface area contributed by atoms with Crippen molar-refractivity contribution in [3.05, 3.63) is 52.6 Å². The Labute approximate surface area is 127 Å². The lowest BCUT2D eigenvalue weighted by molar-refractivity contribution is 0.294. The zero-order valence-corrected chi connectivity index (χ0v) is 13.7. The van der Waals surface area contributed by atoms with E-state index >= 15 is 0 Å². The molecule has 2 N–H and O–H groups in total. The quantitative estimate of drug-likeness (QED) is 0.918. The summed E-state index contributed by atoms with van der Waals surface area (Å²) in [6, 6.07) is 4.44. The summed E-state index contributed by atoms with van der Waals surface area (Å²) in [5.74, 6) is 1.06. The van der Waals surface area contributed by atoms with E-state index in [-0.39, 0.29) is 6.04 Å². The van der Waals surface area contributed by atoms with Gasteiger partial charge in [0.15, 0.2) is 0 Å². The minimum absolute atomic E-state index is 0.0240. The zero-order chi connectivity index (χ0) is 15.6. The molecule has 1 unspecified atom stereocenters. The standard InChI is InChI=1S/C17H26N4/c1-12-8-13(2)17(14(3)9-12)15(18)10-20(4)11-16-19-6-7-21(16)5/h6-9,15H,10-11,18H2,1-5H3. The minimum atomic E-state index is 0.0240. The van der Waals surface area contributed by atoms with Crippen molar-refractivity contribution >= 4 is 0 Å². The lowest BCUT2D eigenvalue weighted by atomic mass is 9.94. The number of imidazole rings is 1. The smallest absolute Gasteiger partial charge is 0.122 e. The van der Waals surface area contributed by atoms with Crippen LogP contribution in [0.15, 0.2) is 24.5 Å². The van der Waals surface area contributed by atoms with Gasteiger partial charge in [-0.15, -0.1) is 0 Å². The van der Waals surface area contributed by atoms with Crippen LogP contribution >= 0.6 is 0 Å². The Bertz CT molecular complexity index is 592. The van der Waals surface area contributed by atoms with Crippen molar-refractivity contribution in [1.82, 2.24) is 14.5 Å². The molecule has 0 bridgehead atoms. The number of nitrogens with zero attached hydrogens (tertiary/aromatic N) is 3. The normalized spacial score (nSPS) is 12.9. The van der Waals surface area contributed by atoms with Gasteiger partial charge < -0.3 is 10.3 Å². The van der Waals surface area contributed by atoms with Crippen LogP contribution in [0.25, 0.3) is 0 Å². The van der Waals surface area contributed by atoms with E-state index in [1.807, 2.05) is 24.0 Å². The number of hydrogen-bond donors (Lipinski definition) is 1. The van der Waals surface area contributed by atoms with Crippen LogP contribution in [0.2, 0.25) is 0 Å². The van der Waals surface area contributed by atoms with Gasteiger partial charge in [0.1, 0.15) is 5.82 Å². The number of rotatable bonds is 5. The van der Waals surface area contributed by atoms with E-state index in [1.54, 1.807) is 0 Å². The van der Waals surface area contributed by atoms with Crippen molar-refractivity contribution in [2.24, 2.45) is 12.8 Å². The summed E-state index contributed by atoms with van der Waals surface area (Å²) in [6.07, 6.45) is 3.80. The predicted octanol–water partition coefficient (Wildman–Crippen LogP) is 2.48. The van der Waals surface area contributed by atoms with E-state index in [0.717, 1.165) is 18.9 Å². The molecule has 21 heavy (non-hydrogen) atoms. The molecule has 1 aromatic carbocycles. The third-order valence-electron chi connectivity index (χ3n) is 3.95. The Hall–Kier alpha value is -1.65. The number of nitrogens with two attached hydrogens (primary N) is 1. The van der Waals surface area contributed by atoms with E-state index < -0.39 is 0 Å². The lowest BCUT2D eigenvalue weighted by Gasteiger charge is -2.24. The molecule has 1 aromatic heterocycles. The first-order valence-corrected chi connectivity index (χ1v) is 7.36. The fraction of sp³-hybridized carbons (Fsp3) is 0.471. The predicted molar refractivity (Wildman–Crippen MR) is 87.1 cm³/mol. The van der Waals surface area contributed by atoms with Gasteiger partial charge in [-0.25, -0.2) is 4.98 Å². The molecule has 2 aromatic rings. The van der Waals surface area contributed by atoms with Gasteiger partial charge in [-0.3, -0.25) is 4.90 Å². The summed E-state index contributed by atoms with van der Waals surface area (Å²) < 4.78 is 2.05. The maximum atomic E-state index is 6.45. The largest absolute Gasteiger partial charge is 0.337 e. The van der Waals surface area contributed by atoms with Gasteiger partial charge in [0, 0.05) is 32.0 Å². The van der Waals surface area contributed by atoms with Crippen LogP contribution in [0.5, 0.6) is 0 Å². The Kier molecular flexibility index (Phi) is 4.80. The van der Waals surface area contributed by atoms with Gasteiger partial charge in [0.2, 0.25) is 0 Å². The van der Waals surface area contributed by atoms with E-state index in [4.69, 9.17) is 5.73 Å². The van der Waals surface area contributed by atoms with Crippen molar-refractivity contribution in [1.29, 1.82) is 0 Å². The monoisotopic (exact) mass is 286 g/mol. The molecule has 1 heterocycles. The molecule has 0 amide bonds. The second kappa shape index (κ2) is 6.41. The molecule has 2 rings (SSSR count). The average molecular weight is 286 g/mol. The molecule has 0 saturated carbocycles. The molecule has 4 heteroatoms. The van der Waals surface area contributed by atoms with Gasteiger partial charge in [0.05, 0.1) is 6.54 Å². The third-order valence-corrected chi connectivity index (χ3v) is 3.95. The van der Waals surface area contributed by atoms with Gasteiger partial charge in [0.25, 0.3) is 0 Å². The van der Waals surface area contributed by atoms with Crippen molar-refractivity contribution in [3.8, 4) is 0 Å². The Morgan fingerprint density at radius 3 is 2.38 bits per heavy atom. The summed E-state index contributed by atoms with van der Waals surface area (Å²) in [5.41, 5.74) is 11.6. The SMILES string of the molecule is Cc1cc(C)c(C(N)CN(C)Cc2nccn2C)c(C)c1. The molecule has 0 saturated heterocycles. The Balaban J connectivity index is 2.07. The van der Waals surface area contributed by atoms with Crippen LogP contribution in [0.3, 0.4) is 0 Å². The number of aryl methyl sites for hydroxylation is 4. The van der Waals surface area contributed by atoms with Crippen molar-refractivity contribution in [2.75, 3.05) is 13.6 Å². The van der Waals surface area contributed by atoms with Crippen molar-refractivity contribution < 1.29 is 0 Å². The maximum absolute atomic E-state index is 6.45. The van der Waals surface area contributed by atoms with E-state index in [9.17, 15) is 0 Å². The average Bonchev–Trinajstić information content (AvgIpc) is 2.73. The summed E-state index contributed by atoms with van der Waals surface area (Å²) in [5, 5.41) is 0. The molecule has 0 aliphatic heterocycles. The molecule has 0 radical (unpaired) electrons. The zero-order valence-electron chi connectivity index (χ0n) is 13.7. The second-order valence-electron chi connectivity index (χ2n) is 6.07. The summed E-state index contributed by atoms with van der Waals surface area (Å²) in [6.45, 7) is 8.04. The number of likely N-dealkylation sites (N-methyl/N-ethyl adjacent to an activating group) is 1. The molecule has 1 atom stereocenters. The summed E-state index contributed by atoms with van der Waals surface area (Å²) >= 11 is 0. The van der Waals surface area contributed by atoms with Gasteiger partial charge >= 0.3 is 0 Å². The summed E-state index contributed by atoms with van der Waals surface area (Å²) in [7, 11) is 4.11. The maximum Gasteiger partial charge on any atom is 0.122 e. The Morgan fingerprint density at radius 1 is 1.24 bits per heavy atom. The first kappa shape index (κ1) is 15.7. The molecule has 114 valence electrons. The minimum Gasteiger partial charge on any atom is -0.337 e. The fourth-order valence-corrected chi connectivity index (χ4v) is 3.06. The highest BCUT2D eigenvalue weighted by atomic mass is 15.2. The van der Waals surface area contributed by atoms with Crippen LogP contribution < -0.4 is 5.73 Å². The third kappa shape index (κ3) is 3.71. The highest BCUT2D eigenvalue weighted by Gasteiger charge is 2.15. The highest BCUT2D eigenvalue weighted by Crippen LogP contribution is 2.22. The first-order valence-electron chi connectivity index (χ1n) is 7.36. The van der Waals surface area contributed by atoms with Crippen molar-refractivity contribution in [3.63, 3.8) is 0 Å². The molecule has 0 aliphatic carbocycles. The van der Waals surface area contributed by atoms with Crippen LogP contribution in [0.4, 0.5) is 0 Å². The van der Waals surface area contributed by atoms with Crippen LogP contribution in [0, 0.1) is 20.8 Å². The van der Waals surface area contributed by atoms with Crippen LogP contribution in [-0.2, 0) is 13.6 Å². The number of benzene rings is 1. The van der Waals surface area contributed by atoms with Gasteiger partial charge in [-0.05, 0) is 44.5 Å². The lowest BCUT2D eigenvalue weighted by Crippen LogP contribution is -2.30. The summed E-state index contributed by atoms with van der Waals surface area (Å²) in [4.78, 5) is 6.59. The Morgan fingerprint density at radius 2 is 1.86 bits per heavy atom.